The number of nitrogens with zero attached hydrogens (tertiary/aromatic N) is 4. The second kappa shape index (κ2) is 3.48. The highest BCUT2D eigenvalue weighted by atomic mass is 35.5. The van der Waals surface area contributed by atoms with E-state index in [1.54, 1.807) is 18.2 Å². The minimum Gasteiger partial charge on any atom is -0.301 e. The average molecular weight is 228 g/mol. The van der Waals surface area contributed by atoms with Crippen molar-refractivity contribution < 1.29 is 0 Å². The molecule has 0 saturated heterocycles. The monoisotopic (exact) mass is 227 g/mol. The van der Waals surface area contributed by atoms with E-state index < -0.39 is 0 Å². The summed E-state index contributed by atoms with van der Waals surface area (Å²) < 4.78 is 0. The van der Waals surface area contributed by atoms with Crippen molar-refractivity contribution in [2.24, 2.45) is 0 Å². The van der Waals surface area contributed by atoms with Crippen molar-refractivity contribution in [3.05, 3.63) is 35.3 Å². The third-order valence-corrected chi connectivity index (χ3v) is 2.19. The summed E-state index contributed by atoms with van der Waals surface area (Å²) in [4.78, 5) is 1.12. The van der Waals surface area contributed by atoms with Crippen LogP contribution >= 0.6 is 23.2 Å². The van der Waals surface area contributed by atoms with Crippen molar-refractivity contribution in [1.29, 1.82) is 0 Å². The predicted molar refractivity (Wildman–Crippen MR) is 54.0 cm³/mol. The molecule has 2 aromatic rings. The molecule has 0 atom stereocenters. The highest BCUT2D eigenvalue weighted by molar-refractivity contribution is 6.35. The largest absolute Gasteiger partial charge is 0.301 e. The Morgan fingerprint density at radius 2 is 2.07 bits per heavy atom. The third kappa shape index (κ3) is 1.66. The van der Waals surface area contributed by atoms with E-state index in [1.807, 2.05) is 0 Å². The fourth-order valence-corrected chi connectivity index (χ4v) is 1.39. The zero-order valence-electron chi connectivity index (χ0n) is 6.98. The summed E-state index contributed by atoms with van der Waals surface area (Å²) >= 11 is 11.8. The quantitative estimate of drug-likeness (QED) is 0.703. The molecule has 0 fully saturated rings. The van der Waals surface area contributed by atoms with Crippen LogP contribution in [0.4, 0.5) is 0 Å². The van der Waals surface area contributed by atoms with Crippen molar-refractivity contribution in [2.45, 2.75) is 0 Å². The number of halogens is 2. The van der Waals surface area contributed by atoms with Gasteiger partial charge in [-0.05, 0) is 18.2 Å². The van der Waals surface area contributed by atoms with Crippen molar-refractivity contribution in [3.8, 4) is 11.4 Å². The molecule has 0 unspecified atom stereocenters. The summed E-state index contributed by atoms with van der Waals surface area (Å²) in [6.07, 6.45) is 0. The van der Waals surface area contributed by atoms with Crippen molar-refractivity contribution in [3.63, 3.8) is 0 Å². The molecule has 2 rings (SSSR count). The number of rotatable bonds is 1. The number of hydrogen-bond acceptors (Lipinski definition) is 3. The first-order valence-corrected chi connectivity index (χ1v) is 4.49. The van der Waals surface area contributed by atoms with Crippen LogP contribution in [0.15, 0.2) is 18.2 Å². The van der Waals surface area contributed by atoms with Crippen molar-refractivity contribution in [2.75, 3.05) is 0 Å². The summed E-state index contributed by atoms with van der Waals surface area (Å²) in [6, 6.07) is 5.06. The van der Waals surface area contributed by atoms with Crippen LogP contribution in [0.25, 0.3) is 11.4 Å². The second-order valence-corrected chi connectivity index (χ2v) is 3.45. The smallest absolute Gasteiger partial charge is 0.203 e. The van der Waals surface area contributed by atoms with Crippen molar-refractivity contribution >= 4 is 23.2 Å². The Labute approximate surface area is 90.4 Å². The highest BCUT2D eigenvalue weighted by Crippen LogP contribution is 2.27. The lowest BCUT2D eigenvalue weighted by Gasteiger charge is -1.99. The van der Waals surface area contributed by atoms with Gasteiger partial charge in [-0.2, -0.15) is 5.10 Å². The average Bonchev–Trinajstić information content (AvgIpc) is 2.56. The number of benzene rings is 1. The number of tetrazole rings is 1. The Morgan fingerprint density at radius 3 is 2.71 bits per heavy atom. The second-order valence-electron chi connectivity index (χ2n) is 2.61. The first-order chi connectivity index (χ1) is 6.66. The molecule has 72 valence electrons. The normalized spacial score (nSPS) is 10.4. The molecule has 4 nitrogen and oxygen atoms in total. The van der Waals surface area contributed by atoms with Gasteiger partial charge in [-0.3, -0.25) is 7.05 Å². The maximum Gasteiger partial charge on any atom is 0.203 e. The fraction of sp³-hybridized carbons (Fsp3) is 0. The van der Waals surface area contributed by atoms with Crippen LogP contribution in [0, 0.1) is 7.05 Å². The molecule has 6 heteroatoms. The number of aromatic nitrogens is 4. The van der Waals surface area contributed by atoms with Gasteiger partial charge in [0, 0.05) is 10.6 Å². The van der Waals surface area contributed by atoms with E-state index in [2.05, 4.69) is 22.5 Å². The Hall–Kier alpha value is -1.26. The molecule has 1 aromatic carbocycles. The van der Waals surface area contributed by atoms with Gasteiger partial charge in [0.2, 0.25) is 5.82 Å². The molecule has 0 N–H and O–H groups in total. The van der Waals surface area contributed by atoms with Gasteiger partial charge in [0.05, 0.1) is 5.02 Å². The van der Waals surface area contributed by atoms with E-state index in [9.17, 15) is 0 Å². The van der Waals surface area contributed by atoms with E-state index in [0.717, 1.165) is 4.80 Å². The molecule has 1 aromatic heterocycles. The standard InChI is InChI=1S/C8H5Cl2N4/c1-14-12-8(11-13-14)6-4-5(9)2-3-7(6)10/h2-4H,1H2/q-1. The van der Waals surface area contributed by atoms with Gasteiger partial charge >= 0.3 is 0 Å². The lowest BCUT2D eigenvalue weighted by atomic mass is 10.2. The molecule has 0 aliphatic carbocycles. The number of hydrogen-bond donors (Lipinski definition) is 0. The van der Waals surface area contributed by atoms with Crippen LogP contribution in [0.3, 0.4) is 0 Å². The Bertz CT molecular complexity index is 466. The fourth-order valence-electron chi connectivity index (χ4n) is 1.02. The van der Waals surface area contributed by atoms with Crippen LogP contribution in [0.2, 0.25) is 10.0 Å². The molecule has 0 aliphatic heterocycles. The van der Waals surface area contributed by atoms with Gasteiger partial charge in [-0.15, -0.1) is 5.10 Å². The summed E-state index contributed by atoms with van der Waals surface area (Å²) in [5, 5.41) is 12.4. The minimum absolute atomic E-state index is 0.410. The molecular formula is C8H5Cl2N4-. The van der Waals surface area contributed by atoms with Crippen LogP contribution < -0.4 is 0 Å². The Balaban J connectivity index is 2.55. The molecule has 0 spiro atoms. The van der Waals surface area contributed by atoms with Gasteiger partial charge in [0.15, 0.2) is 0 Å². The maximum absolute atomic E-state index is 5.94. The topological polar surface area (TPSA) is 43.6 Å². The first kappa shape index (κ1) is 9.30. The molecule has 1 heterocycles. The minimum atomic E-state index is 0.410. The van der Waals surface area contributed by atoms with Crippen molar-refractivity contribution in [1.82, 2.24) is 20.2 Å². The first-order valence-electron chi connectivity index (χ1n) is 3.73. The zero-order chi connectivity index (χ0) is 10.1. The van der Waals surface area contributed by atoms with E-state index in [-0.39, 0.29) is 0 Å². The van der Waals surface area contributed by atoms with Gasteiger partial charge in [0.25, 0.3) is 0 Å². The molecule has 0 bridgehead atoms. The van der Waals surface area contributed by atoms with E-state index >= 15 is 0 Å². The van der Waals surface area contributed by atoms with Gasteiger partial charge in [-0.25, -0.2) is 0 Å². The van der Waals surface area contributed by atoms with Crippen LogP contribution in [-0.2, 0) is 0 Å². The molecule has 14 heavy (non-hydrogen) atoms. The van der Waals surface area contributed by atoms with E-state index in [4.69, 9.17) is 23.2 Å². The van der Waals surface area contributed by atoms with Crippen LogP contribution in [-0.4, -0.2) is 20.2 Å². The Morgan fingerprint density at radius 1 is 1.29 bits per heavy atom. The molecule has 0 aliphatic rings. The SMILES string of the molecule is [CH2-]n1nnc(-c2cc(Cl)ccc2Cl)n1. The molecule has 0 saturated carbocycles. The molecular weight excluding hydrogens is 223 g/mol. The summed E-state index contributed by atoms with van der Waals surface area (Å²) in [7, 11) is 3.47. The predicted octanol–water partition coefficient (Wildman–Crippen LogP) is 2.29. The lowest BCUT2D eigenvalue weighted by Crippen LogP contribution is -1.89. The van der Waals surface area contributed by atoms with Gasteiger partial charge in [-0.1, -0.05) is 28.4 Å². The third-order valence-electron chi connectivity index (χ3n) is 1.62. The zero-order valence-corrected chi connectivity index (χ0v) is 8.50. The summed E-state index contributed by atoms with van der Waals surface area (Å²) in [6.45, 7) is 0. The summed E-state index contributed by atoms with van der Waals surface area (Å²) in [5.41, 5.74) is 0.647. The van der Waals surface area contributed by atoms with Crippen LogP contribution in [0.5, 0.6) is 0 Å². The van der Waals surface area contributed by atoms with E-state index in [0.29, 0.717) is 21.4 Å². The van der Waals surface area contributed by atoms with E-state index in [1.165, 1.54) is 0 Å². The lowest BCUT2D eigenvalue weighted by molar-refractivity contribution is 0.714. The molecule has 0 amide bonds. The van der Waals surface area contributed by atoms with Crippen LogP contribution in [0.1, 0.15) is 0 Å². The highest BCUT2D eigenvalue weighted by Gasteiger charge is 2.08. The Kier molecular flexibility index (Phi) is 2.31. The maximum atomic E-state index is 5.94. The van der Waals surface area contributed by atoms with Gasteiger partial charge in [0.1, 0.15) is 0 Å². The summed E-state index contributed by atoms with van der Waals surface area (Å²) in [5.74, 6) is 0.410. The van der Waals surface area contributed by atoms with Gasteiger partial charge < -0.3 is 4.80 Å². The molecule has 0 radical (unpaired) electrons.